The van der Waals surface area contributed by atoms with Crippen LogP contribution in [0.1, 0.15) is 7.43 Å². The molecule has 0 bridgehead atoms. The Balaban J connectivity index is 0.000000105. The number of nitrogens with zero attached hydrogens (tertiary/aromatic N) is 10. The van der Waals surface area contributed by atoms with Gasteiger partial charge in [0.05, 0.1) is 78.8 Å². The molecule has 7 aromatic carbocycles. The van der Waals surface area contributed by atoms with E-state index in [9.17, 15) is 5.11 Å². The number of ether oxygens (including phenoxy) is 2. The van der Waals surface area contributed by atoms with E-state index in [0.29, 0.717) is 0 Å². The number of aromatic nitrogens is 10. The van der Waals surface area contributed by atoms with Crippen molar-refractivity contribution in [2.24, 2.45) is 0 Å². The maximum Gasteiger partial charge on any atom is 0.137 e. The van der Waals surface area contributed by atoms with Crippen molar-refractivity contribution in [1.82, 2.24) is 47.3 Å². The van der Waals surface area contributed by atoms with Gasteiger partial charge in [0.1, 0.15) is 34.6 Å². The van der Waals surface area contributed by atoms with Gasteiger partial charge in [-0.25, -0.2) is 9.97 Å². The summed E-state index contributed by atoms with van der Waals surface area (Å²) in [4.78, 5) is 22.8. The van der Waals surface area contributed by atoms with E-state index < -0.39 is 0 Å². The Kier molecular flexibility index (Phi) is 14.6. The maximum atomic E-state index is 9.68. The molecule has 0 unspecified atom stereocenters. The van der Waals surface area contributed by atoms with Gasteiger partial charge in [-0.3, -0.25) is 24.1 Å². The van der Waals surface area contributed by atoms with Gasteiger partial charge in [0.25, 0.3) is 0 Å². The molecule has 0 aliphatic carbocycles. The summed E-state index contributed by atoms with van der Waals surface area (Å²) in [5.74, 6) is 4.49. The van der Waals surface area contributed by atoms with Crippen molar-refractivity contribution in [2.45, 2.75) is 7.43 Å². The van der Waals surface area contributed by atoms with Crippen LogP contribution in [-0.4, -0.2) is 59.5 Å². The fourth-order valence-electron chi connectivity index (χ4n) is 13.4. The van der Waals surface area contributed by atoms with Gasteiger partial charge in [-0.2, -0.15) is 0 Å². The molecule has 14 heteroatoms. The molecule has 13 nitrogen and oxygen atoms in total. The molecule has 0 saturated heterocycles. The first kappa shape index (κ1) is 57.7. The lowest BCUT2D eigenvalue weighted by molar-refractivity contribution is 0.415. The average molecular weight is 1300 g/mol. The van der Waals surface area contributed by atoms with Gasteiger partial charge in [-0.05, 0) is 188 Å². The number of aromatic hydroxyl groups is 1. The van der Waals surface area contributed by atoms with Gasteiger partial charge >= 0.3 is 0 Å². The smallest absolute Gasteiger partial charge is 0.137 e. The number of hydrogen-bond donors (Lipinski definition) is 1. The van der Waals surface area contributed by atoms with E-state index in [1.165, 1.54) is 38.1 Å². The lowest BCUT2D eigenvalue weighted by atomic mass is 10.1. The zero-order valence-corrected chi connectivity index (χ0v) is 52.0. The number of para-hydroxylation sites is 2. The summed E-state index contributed by atoms with van der Waals surface area (Å²) in [5.41, 5.74) is 14.1. The zero-order chi connectivity index (χ0) is 62.8. The Morgan fingerprint density at radius 3 is 1.16 bits per heavy atom. The van der Waals surface area contributed by atoms with E-state index in [4.69, 9.17) is 14.5 Å². The van der Waals surface area contributed by atoms with Crippen molar-refractivity contribution >= 4 is 142 Å². The largest absolute Gasteiger partial charge is 0.508 e. The van der Waals surface area contributed by atoms with E-state index in [1.807, 2.05) is 122 Å². The van der Waals surface area contributed by atoms with E-state index >= 15 is 0 Å². The molecule has 0 amide bonds. The molecule has 0 aliphatic rings. The summed E-state index contributed by atoms with van der Waals surface area (Å²) < 4.78 is 23.8. The topological polar surface area (TPSA) is 126 Å². The monoisotopic (exact) mass is 1300 g/mol. The van der Waals surface area contributed by atoms with Crippen LogP contribution in [0, 0.1) is 0 Å². The number of fused-ring (bicyclic) bond motifs is 24. The summed E-state index contributed by atoms with van der Waals surface area (Å²) >= 11 is 3.56. The van der Waals surface area contributed by atoms with E-state index in [1.54, 1.807) is 25.4 Å². The first-order valence-corrected chi connectivity index (χ1v) is 31.5. The molecule has 20 rings (SSSR count). The Morgan fingerprint density at radius 1 is 0.305 bits per heavy atom. The first-order chi connectivity index (χ1) is 46.4. The third-order valence-electron chi connectivity index (χ3n) is 17.5. The minimum atomic E-state index is 0. The summed E-state index contributed by atoms with van der Waals surface area (Å²) in [5, 5.41) is 21.1. The van der Waals surface area contributed by atoms with Gasteiger partial charge in [0.2, 0.25) is 0 Å². The third-order valence-corrected chi connectivity index (χ3v) is 18.0. The molecular weight excluding hydrogens is 1240 g/mol. The number of phenolic OH excluding ortho intramolecular Hbond substituents is 1. The quantitative estimate of drug-likeness (QED) is 0.169. The molecule has 1 N–H and O–H groups in total. The van der Waals surface area contributed by atoms with Crippen molar-refractivity contribution in [2.75, 3.05) is 7.11 Å². The Labute approximate surface area is 552 Å². The average Bonchev–Trinajstić information content (AvgIpc) is 1.57. The Bertz CT molecular complexity index is 6310. The van der Waals surface area contributed by atoms with Crippen LogP contribution in [0.2, 0.25) is 0 Å². The summed E-state index contributed by atoms with van der Waals surface area (Å²) in [6.07, 6.45) is 15.3. The highest BCUT2D eigenvalue weighted by atomic mass is 79.9. The molecule has 0 fully saturated rings. The molecule has 0 radical (unpaired) electrons. The number of benzene rings is 7. The molecule has 0 spiro atoms. The number of halogens is 1. The highest BCUT2D eigenvalue weighted by Gasteiger charge is 2.18. The summed E-state index contributed by atoms with van der Waals surface area (Å²) in [6.45, 7) is 0. The van der Waals surface area contributed by atoms with Gasteiger partial charge in [0.15, 0.2) is 0 Å². The third kappa shape index (κ3) is 9.98. The fourth-order valence-corrected chi connectivity index (χ4v) is 13.8. The highest BCUT2D eigenvalue weighted by molar-refractivity contribution is 9.10. The number of pyridine rings is 8. The van der Waals surface area contributed by atoms with Crippen LogP contribution in [0.15, 0.2) is 303 Å². The van der Waals surface area contributed by atoms with Crippen LogP contribution in [0.5, 0.6) is 23.0 Å². The molecule has 13 aromatic heterocycles. The SMILES string of the molecule is Brc1ccc2c3ccccc3n(-c3ccccn3)c2c1.C.COc1ccc2c(c1)c1ncccc1n1cccc21.Oc1ccc2c(c1)c1ncccc1n1cccc21.c1ccc(-n2c3ccccc3c3ccc(Oc4ccc5c(c4)c4ncccc4n4cccc54)cc32)nc1. The van der Waals surface area contributed by atoms with E-state index in [2.05, 4.69) is 216 Å². The Morgan fingerprint density at radius 2 is 0.674 bits per heavy atom. The van der Waals surface area contributed by atoms with E-state index in [-0.39, 0.29) is 13.2 Å². The molecule has 456 valence electrons. The minimum Gasteiger partial charge on any atom is -0.508 e. The van der Waals surface area contributed by atoms with Crippen LogP contribution >= 0.6 is 15.9 Å². The van der Waals surface area contributed by atoms with E-state index in [0.717, 1.165) is 121 Å². The molecule has 0 saturated carbocycles. The standard InChI is InChI=1S/C32H20N4O.C17H11BrN2.C16H12N2O.C15H10N2O.CH4/c1-2-8-28-23(7-1)24-14-13-22(20-30(24)36(28)31-11-3-4-16-33-31)37-21-12-15-25-26(19-21)32-29(9-5-17-34-32)35-18-6-10-27(25)35;18-12-8-9-14-13-5-1-2-6-15(13)20(16(14)11-12)17-7-3-4-10-19-17;1-19-11-6-7-12-13(10-11)16-15(4-2-8-17-16)18-9-3-5-14(12)18;18-10-5-6-11-12(9-10)15-14(3-1-7-16-15)17-8-2-4-13(11)17;/h1-20H;1-11H;2-10H,1H3;1-9,18H;1H4. The number of phenols is 1. The van der Waals surface area contributed by atoms with Gasteiger partial charge in [-0.1, -0.05) is 78.0 Å². The normalized spacial score (nSPS) is 11.4. The maximum absolute atomic E-state index is 9.68. The second kappa shape index (κ2) is 24.0. The lowest BCUT2D eigenvalue weighted by Crippen LogP contribution is -1.96. The van der Waals surface area contributed by atoms with Crippen LogP contribution < -0.4 is 9.47 Å². The number of methoxy groups -OCH3 is 1. The predicted octanol–water partition coefficient (Wildman–Crippen LogP) is 20.5. The Hall–Kier alpha value is -12.4. The predicted molar refractivity (Wildman–Crippen MR) is 390 cm³/mol. The molecule has 20 aromatic rings. The van der Waals surface area contributed by atoms with Crippen LogP contribution in [0.3, 0.4) is 0 Å². The minimum absolute atomic E-state index is 0. The van der Waals surface area contributed by atoms with Gasteiger partial charge < -0.3 is 27.8 Å². The molecule has 0 atom stereocenters. The second-order valence-electron chi connectivity index (χ2n) is 22.8. The summed E-state index contributed by atoms with van der Waals surface area (Å²) in [6, 6.07) is 83.9. The lowest BCUT2D eigenvalue weighted by Gasteiger charge is -2.12. The summed E-state index contributed by atoms with van der Waals surface area (Å²) in [7, 11) is 1.69. The van der Waals surface area contributed by atoms with Crippen LogP contribution in [0.4, 0.5) is 0 Å². The van der Waals surface area contributed by atoms with Gasteiger partial charge in [-0.15, -0.1) is 0 Å². The van der Waals surface area contributed by atoms with Crippen molar-refractivity contribution in [3.8, 4) is 34.6 Å². The molecule has 0 aliphatic heterocycles. The highest BCUT2D eigenvalue weighted by Crippen LogP contribution is 2.39. The van der Waals surface area contributed by atoms with Gasteiger partial charge in [0, 0.05) is 114 Å². The zero-order valence-electron chi connectivity index (χ0n) is 50.4. The molecule has 95 heavy (non-hydrogen) atoms. The second-order valence-corrected chi connectivity index (χ2v) is 23.7. The fraction of sp³-hybridized carbons (Fsp3) is 0.0247. The van der Waals surface area contributed by atoms with Crippen molar-refractivity contribution in [3.63, 3.8) is 0 Å². The number of rotatable bonds is 5. The van der Waals surface area contributed by atoms with Crippen LogP contribution in [0.25, 0.3) is 137 Å². The van der Waals surface area contributed by atoms with Crippen molar-refractivity contribution in [3.05, 3.63) is 303 Å². The molecule has 13 heterocycles. The van der Waals surface area contributed by atoms with Crippen molar-refractivity contribution < 1.29 is 14.6 Å². The first-order valence-electron chi connectivity index (χ1n) is 30.7. The van der Waals surface area contributed by atoms with Crippen molar-refractivity contribution in [1.29, 1.82) is 0 Å². The van der Waals surface area contributed by atoms with Crippen LogP contribution in [-0.2, 0) is 0 Å². The number of hydrogen-bond acceptors (Lipinski definition) is 8. The molecular formula is C81H57BrN10O3.